The van der Waals surface area contributed by atoms with Gasteiger partial charge >= 0.3 is 6.18 Å². The van der Waals surface area contributed by atoms with Gasteiger partial charge in [0.15, 0.2) is 0 Å². The predicted molar refractivity (Wildman–Crippen MR) is 58.5 cm³/mol. The summed E-state index contributed by atoms with van der Waals surface area (Å²) in [5.41, 5.74) is 6.48. The van der Waals surface area contributed by atoms with Crippen molar-refractivity contribution in [2.24, 2.45) is 5.73 Å². The summed E-state index contributed by atoms with van der Waals surface area (Å²) in [5, 5.41) is 9.89. The molecule has 1 heterocycles. The number of nitrogens with two attached hydrogens (primary N) is 1. The minimum Gasteiger partial charge on any atom is -0.322 e. The molecule has 1 aromatic carbocycles. The summed E-state index contributed by atoms with van der Waals surface area (Å²) >= 11 is 0. The Kier molecular flexibility index (Phi) is 3.33. The Morgan fingerprint density at radius 3 is 2.39 bits per heavy atom. The fourth-order valence-electron chi connectivity index (χ4n) is 1.58. The second kappa shape index (κ2) is 4.77. The first kappa shape index (κ1) is 12.6. The van der Waals surface area contributed by atoms with Gasteiger partial charge < -0.3 is 5.73 Å². The van der Waals surface area contributed by atoms with Crippen LogP contribution in [-0.2, 0) is 12.6 Å². The minimum absolute atomic E-state index is 0.388. The summed E-state index contributed by atoms with van der Waals surface area (Å²) < 4.78 is 37.1. The fourth-order valence-corrected chi connectivity index (χ4v) is 1.58. The Labute approximate surface area is 101 Å². The van der Waals surface area contributed by atoms with E-state index < -0.39 is 11.7 Å². The Morgan fingerprint density at radius 1 is 1.22 bits per heavy atom. The number of aromatic nitrogens is 3. The van der Waals surface area contributed by atoms with E-state index in [0.29, 0.717) is 12.1 Å². The molecular weight excluding hydrogens is 245 g/mol. The number of halogens is 3. The maximum absolute atomic E-state index is 12.4. The number of benzene rings is 1. The summed E-state index contributed by atoms with van der Waals surface area (Å²) in [7, 11) is 0. The van der Waals surface area contributed by atoms with E-state index in [-0.39, 0.29) is 6.04 Å². The average Bonchev–Trinajstić information content (AvgIpc) is 2.82. The first-order valence-corrected chi connectivity index (χ1v) is 5.24. The van der Waals surface area contributed by atoms with Gasteiger partial charge in [0.25, 0.3) is 0 Å². The van der Waals surface area contributed by atoms with Crippen molar-refractivity contribution in [3.63, 3.8) is 0 Å². The molecule has 96 valence electrons. The molecular formula is C11H11F3N4. The van der Waals surface area contributed by atoms with Crippen molar-refractivity contribution in [3.8, 4) is 0 Å². The number of hydrogen-bond acceptors (Lipinski definition) is 3. The normalized spacial score (nSPS) is 13.6. The third-order valence-electron chi connectivity index (χ3n) is 2.55. The molecule has 0 amide bonds. The van der Waals surface area contributed by atoms with Gasteiger partial charge in [-0.2, -0.15) is 28.6 Å². The van der Waals surface area contributed by atoms with E-state index in [2.05, 4.69) is 15.4 Å². The van der Waals surface area contributed by atoms with Crippen LogP contribution in [0.4, 0.5) is 13.2 Å². The molecule has 1 aromatic heterocycles. The number of alkyl halides is 3. The van der Waals surface area contributed by atoms with Gasteiger partial charge in [-0.1, -0.05) is 12.1 Å². The zero-order chi connectivity index (χ0) is 13.2. The number of nitrogens with zero attached hydrogens (tertiary/aromatic N) is 2. The van der Waals surface area contributed by atoms with Crippen LogP contribution in [0, 0.1) is 0 Å². The minimum atomic E-state index is -4.31. The lowest BCUT2D eigenvalue weighted by Gasteiger charge is -2.10. The van der Waals surface area contributed by atoms with E-state index in [1.165, 1.54) is 18.3 Å². The Morgan fingerprint density at radius 2 is 1.89 bits per heavy atom. The van der Waals surface area contributed by atoms with Gasteiger partial charge in [0.05, 0.1) is 23.5 Å². The summed E-state index contributed by atoms with van der Waals surface area (Å²) in [4.78, 5) is 0. The lowest BCUT2D eigenvalue weighted by Crippen LogP contribution is -2.14. The lowest BCUT2D eigenvalue weighted by atomic mass is 10.0. The molecule has 4 nitrogen and oxygen atoms in total. The summed E-state index contributed by atoms with van der Waals surface area (Å²) in [5.74, 6) is 0. The van der Waals surface area contributed by atoms with Crippen LogP contribution in [0.3, 0.4) is 0 Å². The lowest BCUT2D eigenvalue weighted by molar-refractivity contribution is -0.137. The maximum Gasteiger partial charge on any atom is 0.416 e. The molecule has 7 heteroatoms. The van der Waals surface area contributed by atoms with Crippen molar-refractivity contribution in [1.82, 2.24) is 15.4 Å². The Bertz CT molecular complexity index is 490. The number of aromatic amines is 1. The van der Waals surface area contributed by atoms with Crippen molar-refractivity contribution < 1.29 is 13.2 Å². The van der Waals surface area contributed by atoms with Gasteiger partial charge in [-0.3, -0.25) is 0 Å². The summed E-state index contributed by atoms with van der Waals surface area (Å²) in [6.45, 7) is 0. The maximum atomic E-state index is 12.4. The van der Waals surface area contributed by atoms with E-state index in [0.717, 1.165) is 17.7 Å². The van der Waals surface area contributed by atoms with Gasteiger partial charge in [0.1, 0.15) is 0 Å². The van der Waals surface area contributed by atoms with Crippen LogP contribution in [0.1, 0.15) is 22.9 Å². The van der Waals surface area contributed by atoms with Crippen LogP contribution in [0.2, 0.25) is 0 Å². The molecule has 0 aliphatic rings. The molecule has 0 spiro atoms. The Balaban J connectivity index is 2.07. The van der Waals surface area contributed by atoms with Crippen LogP contribution < -0.4 is 5.73 Å². The van der Waals surface area contributed by atoms with Crippen LogP contribution in [0.5, 0.6) is 0 Å². The molecule has 0 bridgehead atoms. The molecule has 2 aromatic rings. The topological polar surface area (TPSA) is 67.6 Å². The van der Waals surface area contributed by atoms with Crippen molar-refractivity contribution in [3.05, 3.63) is 47.3 Å². The molecule has 2 rings (SSSR count). The number of hydrogen-bond donors (Lipinski definition) is 2. The van der Waals surface area contributed by atoms with E-state index in [9.17, 15) is 13.2 Å². The molecule has 0 aliphatic carbocycles. The van der Waals surface area contributed by atoms with E-state index in [1.54, 1.807) is 0 Å². The molecule has 1 atom stereocenters. The van der Waals surface area contributed by atoms with E-state index in [4.69, 9.17) is 5.73 Å². The van der Waals surface area contributed by atoms with Crippen molar-refractivity contribution in [2.75, 3.05) is 0 Å². The monoisotopic (exact) mass is 256 g/mol. The van der Waals surface area contributed by atoms with Gasteiger partial charge in [-0.05, 0) is 24.1 Å². The third kappa shape index (κ3) is 2.86. The van der Waals surface area contributed by atoms with Crippen molar-refractivity contribution in [1.29, 1.82) is 0 Å². The van der Waals surface area contributed by atoms with Crippen LogP contribution >= 0.6 is 0 Å². The first-order chi connectivity index (χ1) is 8.47. The number of rotatable bonds is 3. The molecule has 0 saturated carbocycles. The SMILES string of the molecule is NC(Cc1ccc(C(F)(F)F)cc1)c1cn[nH]n1. The molecule has 3 N–H and O–H groups in total. The van der Waals surface area contributed by atoms with Crippen molar-refractivity contribution >= 4 is 0 Å². The standard InChI is InChI=1S/C11H11F3N4/c12-11(13,14)8-3-1-7(2-4-8)5-9(15)10-6-16-18-17-10/h1-4,6,9H,5,15H2,(H,16,17,18). The predicted octanol–water partition coefficient (Wildman–Crippen LogP) is 2.07. The zero-order valence-electron chi connectivity index (χ0n) is 9.28. The van der Waals surface area contributed by atoms with E-state index >= 15 is 0 Å². The first-order valence-electron chi connectivity index (χ1n) is 5.24. The molecule has 0 fully saturated rings. The molecule has 18 heavy (non-hydrogen) atoms. The smallest absolute Gasteiger partial charge is 0.322 e. The quantitative estimate of drug-likeness (QED) is 0.883. The highest BCUT2D eigenvalue weighted by molar-refractivity contribution is 5.25. The van der Waals surface area contributed by atoms with Crippen molar-refractivity contribution in [2.45, 2.75) is 18.6 Å². The van der Waals surface area contributed by atoms with Gasteiger partial charge in [0.2, 0.25) is 0 Å². The highest BCUT2D eigenvalue weighted by Gasteiger charge is 2.29. The second-order valence-electron chi connectivity index (χ2n) is 3.90. The van der Waals surface area contributed by atoms with E-state index in [1.807, 2.05) is 0 Å². The van der Waals surface area contributed by atoms with Crippen LogP contribution in [0.15, 0.2) is 30.5 Å². The van der Waals surface area contributed by atoms with Crippen LogP contribution in [-0.4, -0.2) is 15.4 Å². The van der Waals surface area contributed by atoms with Gasteiger partial charge in [-0.15, -0.1) is 0 Å². The third-order valence-corrected chi connectivity index (χ3v) is 2.55. The summed E-state index contributed by atoms with van der Waals surface area (Å²) in [6.07, 6.45) is -2.41. The highest BCUT2D eigenvalue weighted by atomic mass is 19.4. The summed E-state index contributed by atoms with van der Waals surface area (Å²) in [6, 6.07) is 4.54. The molecule has 1 unspecified atom stereocenters. The number of nitrogens with one attached hydrogen (secondary N) is 1. The Hall–Kier alpha value is -1.89. The highest BCUT2D eigenvalue weighted by Crippen LogP contribution is 2.29. The largest absolute Gasteiger partial charge is 0.416 e. The second-order valence-corrected chi connectivity index (χ2v) is 3.90. The zero-order valence-corrected chi connectivity index (χ0v) is 9.28. The molecule has 0 aliphatic heterocycles. The van der Waals surface area contributed by atoms with Gasteiger partial charge in [0, 0.05) is 0 Å². The van der Waals surface area contributed by atoms with Gasteiger partial charge in [-0.25, -0.2) is 0 Å². The average molecular weight is 256 g/mol. The van der Waals surface area contributed by atoms with Crippen LogP contribution in [0.25, 0.3) is 0 Å². The number of H-pyrrole nitrogens is 1. The molecule has 0 saturated heterocycles. The fraction of sp³-hybridized carbons (Fsp3) is 0.273. The molecule has 0 radical (unpaired) electrons.